The molecule has 0 spiro atoms. The summed E-state index contributed by atoms with van der Waals surface area (Å²) in [7, 11) is 0. The highest BCUT2D eigenvalue weighted by atomic mass is 16.4. The van der Waals surface area contributed by atoms with Crippen LogP contribution in [0.3, 0.4) is 0 Å². The molecule has 1 aromatic carbocycles. The molecule has 5 heteroatoms. The smallest absolute Gasteiger partial charge is 0.311 e. The maximum Gasteiger partial charge on any atom is 0.311 e. The molecule has 114 valence electrons. The number of imide groups is 1. The molecule has 3 rings (SSSR count). The first-order valence-corrected chi connectivity index (χ1v) is 7.27. The molecule has 22 heavy (non-hydrogen) atoms. The van der Waals surface area contributed by atoms with E-state index in [9.17, 15) is 19.5 Å². The predicted octanol–water partition coefficient (Wildman–Crippen LogP) is 2.01. The zero-order valence-corrected chi connectivity index (χ0v) is 12.4. The van der Waals surface area contributed by atoms with Crippen molar-refractivity contribution in [3.05, 3.63) is 42.0 Å². The van der Waals surface area contributed by atoms with Gasteiger partial charge in [0.15, 0.2) is 0 Å². The second kappa shape index (κ2) is 5.09. The summed E-state index contributed by atoms with van der Waals surface area (Å²) in [6, 6.07) is 7.09. The molecule has 0 aromatic heterocycles. The first kappa shape index (κ1) is 14.5. The molecule has 5 nitrogen and oxygen atoms in total. The summed E-state index contributed by atoms with van der Waals surface area (Å²) < 4.78 is 0. The van der Waals surface area contributed by atoms with Crippen LogP contribution in [0.4, 0.5) is 5.69 Å². The molecular formula is C17H17NO4. The lowest BCUT2D eigenvalue weighted by atomic mass is 9.72. The third-order valence-corrected chi connectivity index (χ3v) is 4.55. The minimum absolute atomic E-state index is 0.146. The number of anilines is 1. The second-order valence-electron chi connectivity index (χ2n) is 6.01. The highest BCUT2D eigenvalue weighted by Gasteiger charge is 2.55. The fourth-order valence-corrected chi connectivity index (χ4v) is 3.36. The lowest BCUT2D eigenvalue weighted by molar-refractivity contribution is -0.145. The number of amides is 2. The van der Waals surface area contributed by atoms with Crippen molar-refractivity contribution in [1.82, 2.24) is 0 Å². The van der Waals surface area contributed by atoms with E-state index in [1.54, 1.807) is 18.2 Å². The van der Waals surface area contributed by atoms with Gasteiger partial charge in [-0.1, -0.05) is 36.8 Å². The molecule has 1 aliphatic carbocycles. The Morgan fingerprint density at radius 2 is 1.64 bits per heavy atom. The van der Waals surface area contributed by atoms with Gasteiger partial charge in [0.1, 0.15) is 0 Å². The third kappa shape index (κ3) is 2.04. The Morgan fingerprint density at radius 1 is 1.05 bits per heavy atom. The Morgan fingerprint density at radius 3 is 2.23 bits per heavy atom. The average Bonchev–Trinajstić information content (AvgIpc) is 2.73. The van der Waals surface area contributed by atoms with E-state index in [-0.39, 0.29) is 11.8 Å². The number of carbonyl (C=O) groups excluding carboxylic acids is 2. The minimum atomic E-state index is -1.06. The minimum Gasteiger partial charge on any atom is -0.481 e. The topological polar surface area (TPSA) is 74.7 Å². The van der Waals surface area contributed by atoms with E-state index in [1.807, 2.05) is 26.0 Å². The van der Waals surface area contributed by atoms with Gasteiger partial charge in [-0.3, -0.25) is 19.3 Å². The number of hydrogen-bond donors (Lipinski definition) is 1. The van der Waals surface area contributed by atoms with Crippen LogP contribution in [0, 0.1) is 30.6 Å². The number of carboxylic acid groups (broad SMARTS) is 1. The summed E-state index contributed by atoms with van der Waals surface area (Å²) in [6.45, 7) is 3.76. The summed E-state index contributed by atoms with van der Waals surface area (Å²) in [6.07, 6.45) is 3.27. The molecule has 2 amide bonds. The fourth-order valence-electron chi connectivity index (χ4n) is 3.36. The van der Waals surface area contributed by atoms with Crippen molar-refractivity contribution in [2.45, 2.75) is 13.8 Å². The maximum atomic E-state index is 12.7. The second-order valence-corrected chi connectivity index (χ2v) is 6.01. The van der Waals surface area contributed by atoms with Gasteiger partial charge >= 0.3 is 5.97 Å². The Hall–Kier alpha value is -2.43. The molecule has 0 bridgehead atoms. The molecule has 0 saturated carbocycles. The molecule has 1 heterocycles. The van der Waals surface area contributed by atoms with E-state index < -0.39 is 29.6 Å². The number of aliphatic carboxylic acids is 1. The molecule has 1 saturated heterocycles. The van der Waals surface area contributed by atoms with Crippen LogP contribution in [0.1, 0.15) is 12.5 Å². The largest absolute Gasteiger partial charge is 0.481 e. The molecule has 1 N–H and O–H groups in total. The van der Waals surface area contributed by atoms with E-state index >= 15 is 0 Å². The first-order valence-electron chi connectivity index (χ1n) is 7.27. The first-order chi connectivity index (χ1) is 10.4. The van der Waals surface area contributed by atoms with Crippen molar-refractivity contribution in [2.24, 2.45) is 23.7 Å². The fraction of sp³-hybridized carbons (Fsp3) is 0.353. The zero-order chi connectivity index (χ0) is 16.0. The molecule has 0 unspecified atom stereocenters. The van der Waals surface area contributed by atoms with Gasteiger partial charge in [0.25, 0.3) is 0 Å². The normalized spacial score (nSPS) is 30.5. The van der Waals surface area contributed by atoms with Crippen LogP contribution in [-0.2, 0) is 14.4 Å². The predicted molar refractivity (Wildman–Crippen MR) is 80.1 cm³/mol. The van der Waals surface area contributed by atoms with Crippen LogP contribution in [0.15, 0.2) is 36.4 Å². The Kier molecular flexibility index (Phi) is 3.35. The lowest BCUT2D eigenvalue weighted by Gasteiger charge is -2.27. The van der Waals surface area contributed by atoms with Gasteiger partial charge in [-0.2, -0.15) is 0 Å². The van der Waals surface area contributed by atoms with Crippen molar-refractivity contribution in [3.63, 3.8) is 0 Å². The van der Waals surface area contributed by atoms with E-state index in [4.69, 9.17) is 0 Å². The van der Waals surface area contributed by atoms with Gasteiger partial charge in [-0.05, 0) is 25.0 Å². The molecule has 4 atom stereocenters. The van der Waals surface area contributed by atoms with Crippen LogP contribution in [0.25, 0.3) is 0 Å². The molecule has 2 aliphatic rings. The number of carbonyl (C=O) groups is 3. The van der Waals surface area contributed by atoms with Gasteiger partial charge in [-0.15, -0.1) is 0 Å². The van der Waals surface area contributed by atoms with Crippen molar-refractivity contribution in [3.8, 4) is 0 Å². The molecule has 0 radical (unpaired) electrons. The highest BCUT2D eigenvalue weighted by molar-refractivity contribution is 6.23. The van der Waals surface area contributed by atoms with E-state index in [1.165, 1.54) is 6.08 Å². The van der Waals surface area contributed by atoms with E-state index in [2.05, 4.69) is 0 Å². The molecule has 1 fully saturated rings. The monoisotopic (exact) mass is 299 g/mol. The Bertz CT molecular complexity index is 676. The van der Waals surface area contributed by atoms with Gasteiger partial charge in [0.2, 0.25) is 11.8 Å². The zero-order valence-electron chi connectivity index (χ0n) is 12.4. The summed E-state index contributed by atoms with van der Waals surface area (Å²) in [5, 5.41) is 9.34. The van der Waals surface area contributed by atoms with Crippen molar-refractivity contribution in [2.75, 3.05) is 4.90 Å². The Labute approximate surface area is 128 Å². The molecular weight excluding hydrogens is 282 g/mol. The van der Waals surface area contributed by atoms with Crippen molar-refractivity contribution in [1.29, 1.82) is 0 Å². The summed E-state index contributed by atoms with van der Waals surface area (Å²) in [4.78, 5) is 38.0. The summed E-state index contributed by atoms with van der Waals surface area (Å²) in [5.41, 5.74) is 1.53. The number of hydrogen-bond acceptors (Lipinski definition) is 3. The van der Waals surface area contributed by atoms with Crippen LogP contribution in [-0.4, -0.2) is 22.9 Å². The van der Waals surface area contributed by atoms with Crippen LogP contribution in [0.2, 0.25) is 0 Å². The van der Waals surface area contributed by atoms with E-state index in [0.29, 0.717) is 5.69 Å². The van der Waals surface area contributed by atoms with Crippen molar-refractivity contribution < 1.29 is 19.5 Å². The van der Waals surface area contributed by atoms with Gasteiger partial charge in [0, 0.05) is 0 Å². The van der Waals surface area contributed by atoms with Gasteiger partial charge in [0.05, 0.1) is 23.4 Å². The summed E-state index contributed by atoms with van der Waals surface area (Å²) in [5.74, 6) is -4.28. The number of fused-ring (bicyclic) bond motifs is 1. The number of aryl methyl sites for hydroxylation is 1. The Balaban J connectivity index is 2.03. The number of carboxylic acids is 1. The van der Waals surface area contributed by atoms with E-state index in [0.717, 1.165) is 10.5 Å². The van der Waals surface area contributed by atoms with Crippen molar-refractivity contribution >= 4 is 23.5 Å². The quantitative estimate of drug-likeness (QED) is 0.669. The number of nitrogens with zero attached hydrogens (tertiary/aromatic N) is 1. The number of allylic oxidation sites excluding steroid dienone is 1. The lowest BCUT2D eigenvalue weighted by Crippen LogP contribution is -2.36. The number of rotatable bonds is 2. The van der Waals surface area contributed by atoms with Gasteiger partial charge in [-0.25, -0.2) is 0 Å². The maximum absolute atomic E-state index is 12.7. The van der Waals surface area contributed by atoms with Gasteiger partial charge < -0.3 is 5.11 Å². The highest BCUT2D eigenvalue weighted by Crippen LogP contribution is 2.43. The van der Waals surface area contributed by atoms with Crippen LogP contribution >= 0.6 is 0 Å². The van der Waals surface area contributed by atoms with Crippen LogP contribution < -0.4 is 4.90 Å². The molecule has 1 aliphatic heterocycles. The van der Waals surface area contributed by atoms with Crippen LogP contribution in [0.5, 0.6) is 0 Å². The standard InChI is InChI=1S/C17H17NO4/c1-9-3-6-11(7-4-9)18-15(19)13-10(2)5-8-12(17(21)22)14(13)16(18)20/h3-8,10,12-14H,1-2H3,(H,21,22)/t10-,12-,13-,14+/m1/s1. The number of benzene rings is 1. The SMILES string of the molecule is Cc1ccc(N2C(=O)[C@@H]3[C@H](C2=O)[C@H](C)C=C[C@H]3C(=O)O)cc1. The summed E-state index contributed by atoms with van der Waals surface area (Å²) >= 11 is 0. The third-order valence-electron chi connectivity index (χ3n) is 4.55. The average molecular weight is 299 g/mol. The molecule has 1 aromatic rings.